The number of esters is 2. The minimum Gasteiger partial charge on any atom is -0.469 e. The van der Waals surface area contributed by atoms with Gasteiger partial charge in [-0.3, -0.25) is 9.59 Å². The lowest BCUT2D eigenvalue weighted by molar-refractivity contribution is -0.910. The first kappa shape index (κ1) is 40.9. The van der Waals surface area contributed by atoms with E-state index in [1.807, 2.05) is 0 Å². The number of rotatable bonds is 33. The average molecular weight is 597 g/mol. The van der Waals surface area contributed by atoms with Crippen molar-refractivity contribution in [1.29, 1.82) is 0 Å². The van der Waals surface area contributed by atoms with Crippen LogP contribution in [0.4, 0.5) is 0 Å². The molecule has 0 aliphatic carbocycles. The van der Waals surface area contributed by atoms with Gasteiger partial charge >= 0.3 is 11.9 Å². The van der Waals surface area contributed by atoms with Gasteiger partial charge in [0.2, 0.25) is 0 Å². The molecule has 0 aliphatic rings. The Hall–Kier alpha value is -1.10. The Kier molecular flexibility index (Phi) is 30.5. The highest BCUT2D eigenvalue weighted by Gasteiger charge is 2.20. The summed E-state index contributed by atoms with van der Waals surface area (Å²) >= 11 is 0. The van der Waals surface area contributed by atoms with Crippen molar-refractivity contribution in [3.8, 4) is 0 Å². The second kappa shape index (κ2) is 31.3. The molecule has 0 unspecified atom stereocenters. The van der Waals surface area contributed by atoms with E-state index in [2.05, 4.69) is 14.0 Å². The Bertz CT molecular complexity index is 558. The third kappa shape index (κ3) is 29.0. The molecule has 0 rings (SSSR count). The summed E-state index contributed by atoms with van der Waals surface area (Å²) < 4.78 is 10.7. The number of carbonyl (C=O) groups is 2. The molecule has 0 spiro atoms. The summed E-state index contributed by atoms with van der Waals surface area (Å²) in [6, 6.07) is 0. The maximum absolute atomic E-state index is 11.2. The van der Waals surface area contributed by atoms with Crippen molar-refractivity contribution in [1.82, 2.24) is 0 Å². The molecule has 0 heterocycles. The van der Waals surface area contributed by atoms with Gasteiger partial charge in [-0.2, -0.15) is 0 Å². The van der Waals surface area contributed by atoms with E-state index in [9.17, 15) is 9.59 Å². The third-order valence-corrected chi connectivity index (χ3v) is 9.16. The van der Waals surface area contributed by atoms with Gasteiger partial charge in [0.1, 0.15) is 0 Å². The molecule has 0 atom stereocenters. The SMILES string of the molecule is CCCCCCCCCCCC[N+](C)(CCCCCCCCCCC(=O)OC)CCCCCCCCCCC(=O)OC. The second-order valence-electron chi connectivity index (χ2n) is 13.3. The summed E-state index contributed by atoms with van der Waals surface area (Å²) in [6.07, 6.45) is 35.5. The van der Waals surface area contributed by atoms with Crippen LogP contribution in [0.25, 0.3) is 0 Å². The molecule has 0 amide bonds. The highest BCUT2D eigenvalue weighted by atomic mass is 16.5. The van der Waals surface area contributed by atoms with E-state index >= 15 is 0 Å². The molecule has 0 fully saturated rings. The molecular weight excluding hydrogens is 522 g/mol. The number of nitrogens with zero attached hydrogens (tertiary/aromatic N) is 1. The van der Waals surface area contributed by atoms with Crippen LogP contribution in [-0.2, 0) is 19.1 Å². The van der Waals surface area contributed by atoms with E-state index in [1.54, 1.807) is 0 Å². The first-order valence-corrected chi connectivity index (χ1v) is 18.4. The molecule has 0 saturated carbocycles. The Morgan fingerprint density at radius 1 is 0.405 bits per heavy atom. The fraction of sp³-hybridized carbons (Fsp3) is 0.946. The molecule has 0 aromatic heterocycles. The van der Waals surface area contributed by atoms with Gasteiger partial charge in [-0.15, -0.1) is 0 Å². The molecule has 5 nitrogen and oxygen atoms in total. The number of carbonyl (C=O) groups excluding carboxylic acids is 2. The summed E-state index contributed by atoms with van der Waals surface area (Å²) in [5.41, 5.74) is 0. The Morgan fingerprint density at radius 2 is 0.643 bits per heavy atom. The first-order chi connectivity index (χ1) is 20.5. The lowest BCUT2D eigenvalue weighted by atomic mass is 10.0. The van der Waals surface area contributed by atoms with Crippen molar-refractivity contribution >= 4 is 11.9 Å². The minimum absolute atomic E-state index is 0.0712. The van der Waals surface area contributed by atoms with Gasteiger partial charge in [0.05, 0.1) is 40.9 Å². The van der Waals surface area contributed by atoms with Crippen LogP contribution in [0.15, 0.2) is 0 Å². The zero-order valence-corrected chi connectivity index (χ0v) is 29.0. The fourth-order valence-electron chi connectivity index (χ4n) is 6.17. The van der Waals surface area contributed by atoms with Crippen LogP contribution >= 0.6 is 0 Å². The highest BCUT2D eigenvalue weighted by molar-refractivity contribution is 5.69. The molecule has 0 radical (unpaired) electrons. The highest BCUT2D eigenvalue weighted by Crippen LogP contribution is 2.18. The van der Waals surface area contributed by atoms with Crippen molar-refractivity contribution in [3.05, 3.63) is 0 Å². The van der Waals surface area contributed by atoms with Crippen LogP contribution in [0, 0.1) is 0 Å². The standard InChI is InChI=1S/C37H74NO4/c1-5-6-7-8-9-10-13-18-23-28-33-38(2,34-29-24-19-14-11-16-21-26-31-36(39)41-3)35-30-25-20-15-12-17-22-27-32-37(40)42-4/h5-35H2,1-4H3/q+1. The van der Waals surface area contributed by atoms with Crippen molar-refractivity contribution in [2.45, 2.75) is 187 Å². The maximum Gasteiger partial charge on any atom is 0.305 e. The zero-order chi connectivity index (χ0) is 31.0. The van der Waals surface area contributed by atoms with E-state index in [1.165, 1.54) is 180 Å². The van der Waals surface area contributed by atoms with Gasteiger partial charge in [-0.1, -0.05) is 122 Å². The van der Waals surface area contributed by atoms with Gasteiger partial charge in [0.25, 0.3) is 0 Å². The Labute approximate surface area is 262 Å². The largest absolute Gasteiger partial charge is 0.469 e. The quantitative estimate of drug-likeness (QED) is 0.0429. The van der Waals surface area contributed by atoms with Crippen LogP contribution in [0.3, 0.4) is 0 Å². The number of methoxy groups -OCH3 is 2. The first-order valence-electron chi connectivity index (χ1n) is 18.4. The molecule has 5 heteroatoms. The van der Waals surface area contributed by atoms with E-state index in [0.717, 1.165) is 25.7 Å². The number of ether oxygens (including phenoxy) is 2. The number of hydrogen-bond acceptors (Lipinski definition) is 4. The molecule has 0 aromatic carbocycles. The number of quaternary nitrogens is 1. The van der Waals surface area contributed by atoms with Crippen molar-refractivity contribution in [2.75, 3.05) is 40.9 Å². The lowest BCUT2D eigenvalue weighted by Gasteiger charge is -2.35. The lowest BCUT2D eigenvalue weighted by Crippen LogP contribution is -2.46. The van der Waals surface area contributed by atoms with Gasteiger partial charge in [0.15, 0.2) is 0 Å². The predicted octanol–water partition coefficient (Wildman–Crippen LogP) is 10.7. The number of unbranched alkanes of at least 4 members (excludes halogenated alkanes) is 23. The summed E-state index contributed by atoms with van der Waals surface area (Å²) in [5.74, 6) is -0.142. The van der Waals surface area contributed by atoms with Gasteiger partial charge < -0.3 is 14.0 Å². The fourth-order valence-corrected chi connectivity index (χ4v) is 6.17. The topological polar surface area (TPSA) is 52.6 Å². The van der Waals surface area contributed by atoms with Gasteiger partial charge in [-0.05, 0) is 51.4 Å². The molecule has 42 heavy (non-hydrogen) atoms. The van der Waals surface area contributed by atoms with Crippen molar-refractivity contribution < 1.29 is 23.5 Å². The average Bonchev–Trinajstić information content (AvgIpc) is 2.99. The number of hydrogen-bond donors (Lipinski definition) is 0. The van der Waals surface area contributed by atoms with E-state index in [0.29, 0.717) is 12.8 Å². The van der Waals surface area contributed by atoms with Crippen LogP contribution in [0.1, 0.15) is 187 Å². The van der Waals surface area contributed by atoms with Crippen LogP contribution < -0.4 is 0 Å². The third-order valence-electron chi connectivity index (χ3n) is 9.16. The van der Waals surface area contributed by atoms with Crippen LogP contribution in [-0.4, -0.2) is 57.3 Å². The molecule has 0 aliphatic heterocycles. The van der Waals surface area contributed by atoms with Gasteiger partial charge in [-0.25, -0.2) is 0 Å². The molecule has 0 aromatic rings. The van der Waals surface area contributed by atoms with Crippen molar-refractivity contribution in [2.24, 2.45) is 0 Å². The monoisotopic (exact) mass is 597 g/mol. The molecule has 0 bridgehead atoms. The van der Waals surface area contributed by atoms with E-state index in [-0.39, 0.29) is 11.9 Å². The van der Waals surface area contributed by atoms with Gasteiger partial charge in [0, 0.05) is 12.8 Å². The summed E-state index contributed by atoms with van der Waals surface area (Å²) in [4.78, 5) is 22.4. The molecule has 250 valence electrons. The normalized spacial score (nSPS) is 11.6. The smallest absolute Gasteiger partial charge is 0.305 e. The predicted molar refractivity (Wildman–Crippen MR) is 180 cm³/mol. The second-order valence-corrected chi connectivity index (χ2v) is 13.3. The Morgan fingerprint density at radius 3 is 0.905 bits per heavy atom. The van der Waals surface area contributed by atoms with Crippen molar-refractivity contribution in [3.63, 3.8) is 0 Å². The van der Waals surface area contributed by atoms with E-state index in [4.69, 9.17) is 9.47 Å². The summed E-state index contributed by atoms with van der Waals surface area (Å²) in [6.45, 7) is 6.34. The molecule has 0 N–H and O–H groups in total. The zero-order valence-electron chi connectivity index (χ0n) is 29.0. The Balaban J connectivity index is 4.12. The maximum atomic E-state index is 11.2. The molecular formula is C37H74NO4+. The minimum atomic E-state index is -0.0712. The summed E-state index contributed by atoms with van der Waals surface area (Å²) in [7, 11) is 5.49. The van der Waals surface area contributed by atoms with Crippen LogP contribution in [0.5, 0.6) is 0 Å². The van der Waals surface area contributed by atoms with Crippen LogP contribution in [0.2, 0.25) is 0 Å². The molecule has 0 saturated heterocycles. The summed E-state index contributed by atoms with van der Waals surface area (Å²) in [5, 5.41) is 0. The van der Waals surface area contributed by atoms with E-state index < -0.39 is 0 Å².